The molecule has 1 fully saturated rings. The minimum absolute atomic E-state index is 0.178. The Kier molecular flexibility index (Phi) is 3.15. The Morgan fingerprint density at radius 1 is 1.04 bits per heavy atom. The number of nitrogens with one attached hydrogen (secondary N) is 3. The third-order valence-corrected chi connectivity index (χ3v) is 5.11. The zero-order valence-electron chi connectivity index (χ0n) is 14.2. The average molecular weight is 360 g/mol. The molecule has 0 amide bonds. The quantitative estimate of drug-likeness (QED) is 0.408. The van der Waals surface area contributed by atoms with Gasteiger partial charge in [0.2, 0.25) is 0 Å². The lowest BCUT2D eigenvalue weighted by Gasteiger charge is -2.22. The highest BCUT2D eigenvalue weighted by Gasteiger charge is 2.46. The van der Waals surface area contributed by atoms with Gasteiger partial charge in [-0.3, -0.25) is 9.59 Å². The molecule has 1 saturated carbocycles. The SMILES string of the molecule is O=c1c(Nc2ccc3nc[nH]c3c2)c(NC2(c3cccc(O)c3)CC2)c1=O. The van der Waals surface area contributed by atoms with Crippen LogP contribution in [0.2, 0.25) is 0 Å². The van der Waals surface area contributed by atoms with E-state index < -0.39 is 16.4 Å². The van der Waals surface area contributed by atoms with Gasteiger partial charge in [-0.1, -0.05) is 12.1 Å². The van der Waals surface area contributed by atoms with Crippen LogP contribution < -0.4 is 21.5 Å². The highest BCUT2D eigenvalue weighted by atomic mass is 16.3. The third-order valence-electron chi connectivity index (χ3n) is 5.11. The smallest absolute Gasteiger partial charge is 0.253 e. The lowest BCUT2D eigenvalue weighted by atomic mass is 10.0. The predicted octanol–water partition coefficient (Wildman–Crippen LogP) is 2.71. The van der Waals surface area contributed by atoms with Crippen LogP contribution >= 0.6 is 0 Å². The molecular formula is C20H16N4O3. The number of imidazole rings is 1. The molecule has 1 aliphatic carbocycles. The van der Waals surface area contributed by atoms with Crippen molar-refractivity contribution in [3.05, 3.63) is 74.8 Å². The molecule has 0 aliphatic heterocycles. The van der Waals surface area contributed by atoms with Crippen molar-refractivity contribution in [3.63, 3.8) is 0 Å². The molecular weight excluding hydrogens is 344 g/mol. The molecule has 134 valence electrons. The van der Waals surface area contributed by atoms with Gasteiger partial charge in [-0.05, 0) is 48.7 Å². The number of aromatic nitrogens is 2. The summed E-state index contributed by atoms with van der Waals surface area (Å²) in [5, 5.41) is 16.0. The number of aromatic amines is 1. The number of nitrogens with zero attached hydrogens (tertiary/aromatic N) is 1. The molecule has 7 heteroatoms. The van der Waals surface area contributed by atoms with E-state index in [0.29, 0.717) is 11.4 Å². The van der Waals surface area contributed by atoms with Gasteiger partial charge in [0.25, 0.3) is 10.9 Å². The van der Waals surface area contributed by atoms with Gasteiger partial charge in [0.05, 0.1) is 22.9 Å². The molecule has 1 aromatic heterocycles. The fourth-order valence-electron chi connectivity index (χ4n) is 3.44. The minimum atomic E-state index is -0.533. The first kappa shape index (κ1) is 15.6. The van der Waals surface area contributed by atoms with Crippen LogP contribution in [-0.2, 0) is 5.54 Å². The highest BCUT2D eigenvalue weighted by molar-refractivity contribution is 5.84. The van der Waals surface area contributed by atoms with E-state index in [1.165, 1.54) is 0 Å². The molecule has 1 heterocycles. The van der Waals surface area contributed by atoms with Gasteiger partial charge in [0.15, 0.2) is 0 Å². The number of phenols is 1. The summed E-state index contributed by atoms with van der Waals surface area (Å²) < 4.78 is 0. The van der Waals surface area contributed by atoms with E-state index in [1.807, 2.05) is 24.3 Å². The van der Waals surface area contributed by atoms with E-state index in [9.17, 15) is 14.7 Å². The van der Waals surface area contributed by atoms with E-state index in [0.717, 1.165) is 29.4 Å². The highest BCUT2D eigenvalue weighted by Crippen LogP contribution is 2.49. The van der Waals surface area contributed by atoms with Crippen LogP contribution in [-0.4, -0.2) is 15.1 Å². The summed E-state index contributed by atoms with van der Waals surface area (Å²) in [6.45, 7) is 0. The van der Waals surface area contributed by atoms with Gasteiger partial charge in [-0.25, -0.2) is 4.98 Å². The Bertz CT molecular complexity index is 1250. The second-order valence-corrected chi connectivity index (χ2v) is 6.93. The maximum atomic E-state index is 12.2. The molecule has 5 rings (SSSR count). The molecule has 0 unspecified atom stereocenters. The number of phenolic OH excluding ortho intramolecular Hbond substituents is 1. The van der Waals surface area contributed by atoms with E-state index in [2.05, 4.69) is 20.6 Å². The van der Waals surface area contributed by atoms with E-state index in [4.69, 9.17) is 0 Å². The van der Waals surface area contributed by atoms with Gasteiger partial charge < -0.3 is 20.7 Å². The number of hydrogen-bond acceptors (Lipinski definition) is 6. The van der Waals surface area contributed by atoms with Crippen LogP contribution in [0, 0.1) is 0 Å². The lowest BCUT2D eigenvalue weighted by molar-refractivity contribution is 0.474. The van der Waals surface area contributed by atoms with Gasteiger partial charge >= 0.3 is 0 Å². The zero-order valence-corrected chi connectivity index (χ0v) is 14.2. The van der Waals surface area contributed by atoms with Crippen LogP contribution in [0.1, 0.15) is 18.4 Å². The van der Waals surface area contributed by atoms with Crippen molar-refractivity contribution in [2.24, 2.45) is 0 Å². The topological polar surface area (TPSA) is 107 Å². The van der Waals surface area contributed by atoms with Crippen LogP contribution in [0.25, 0.3) is 11.0 Å². The van der Waals surface area contributed by atoms with Crippen molar-refractivity contribution in [1.29, 1.82) is 0 Å². The number of anilines is 3. The first-order chi connectivity index (χ1) is 13.1. The summed E-state index contributed by atoms with van der Waals surface area (Å²) in [5.41, 5.74) is 2.36. The maximum Gasteiger partial charge on any atom is 0.253 e. The molecule has 0 radical (unpaired) electrons. The summed E-state index contributed by atoms with van der Waals surface area (Å²) >= 11 is 0. The molecule has 1 aliphatic rings. The molecule has 4 N–H and O–H groups in total. The predicted molar refractivity (Wildman–Crippen MR) is 103 cm³/mol. The van der Waals surface area contributed by atoms with Gasteiger partial charge in [0, 0.05) is 5.69 Å². The largest absolute Gasteiger partial charge is 0.508 e. The summed E-state index contributed by atoms with van der Waals surface area (Å²) in [5.74, 6) is 0.178. The molecule has 0 saturated heterocycles. The minimum Gasteiger partial charge on any atom is -0.508 e. The first-order valence-electron chi connectivity index (χ1n) is 8.67. The summed E-state index contributed by atoms with van der Waals surface area (Å²) in [7, 11) is 0. The van der Waals surface area contributed by atoms with Crippen LogP contribution in [0.4, 0.5) is 17.1 Å². The molecule has 7 nitrogen and oxygen atoms in total. The Hall–Kier alpha value is -3.61. The molecule has 0 bridgehead atoms. The van der Waals surface area contributed by atoms with E-state index in [-0.39, 0.29) is 11.4 Å². The second-order valence-electron chi connectivity index (χ2n) is 6.93. The van der Waals surface area contributed by atoms with E-state index in [1.54, 1.807) is 24.5 Å². The fourth-order valence-corrected chi connectivity index (χ4v) is 3.44. The van der Waals surface area contributed by atoms with Crippen LogP contribution in [0.3, 0.4) is 0 Å². The van der Waals surface area contributed by atoms with Gasteiger partial charge in [0.1, 0.15) is 17.1 Å². The standard InChI is InChI=1S/C20H16N4O3/c25-13-3-1-2-11(8-13)20(6-7-20)24-17-16(18(26)19(17)27)23-12-4-5-14-15(9-12)22-10-21-14/h1-5,8-10,23-25H,6-7H2,(H,21,22). The van der Waals surface area contributed by atoms with Crippen molar-refractivity contribution in [2.75, 3.05) is 10.6 Å². The van der Waals surface area contributed by atoms with Crippen LogP contribution in [0.15, 0.2) is 58.4 Å². The molecule has 0 spiro atoms. The molecule has 0 atom stereocenters. The first-order valence-corrected chi connectivity index (χ1v) is 8.67. The van der Waals surface area contributed by atoms with Crippen molar-refractivity contribution in [2.45, 2.75) is 18.4 Å². The third kappa shape index (κ3) is 2.47. The Balaban J connectivity index is 1.45. The van der Waals surface area contributed by atoms with Gasteiger partial charge in [-0.2, -0.15) is 0 Å². The number of rotatable bonds is 5. The Labute approximate surface area is 153 Å². The fraction of sp³-hybridized carbons (Fsp3) is 0.150. The number of fused-ring (bicyclic) bond motifs is 1. The van der Waals surface area contributed by atoms with Crippen molar-refractivity contribution in [1.82, 2.24) is 9.97 Å². The van der Waals surface area contributed by atoms with Crippen molar-refractivity contribution >= 4 is 28.1 Å². The summed E-state index contributed by atoms with van der Waals surface area (Å²) in [4.78, 5) is 31.5. The summed E-state index contributed by atoms with van der Waals surface area (Å²) in [6.07, 6.45) is 3.26. The van der Waals surface area contributed by atoms with Crippen LogP contribution in [0.5, 0.6) is 5.75 Å². The molecule has 4 aromatic rings. The molecule has 3 aromatic carbocycles. The lowest BCUT2D eigenvalue weighted by Crippen LogP contribution is -2.39. The maximum absolute atomic E-state index is 12.2. The summed E-state index contributed by atoms with van der Waals surface area (Å²) in [6, 6.07) is 12.5. The number of aromatic hydroxyl groups is 1. The number of benzene rings is 2. The second kappa shape index (κ2) is 5.44. The molecule has 27 heavy (non-hydrogen) atoms. The van der Waals surface area contributed by atoms with Crippen molar-refractivity contribution < 1.29 is 5.11 Å². The number of hydrogen-bond donors (Lipinski definition) is 4. The average Bonchev–Trinajstić information content (AvgIpc) is 3.32. The van der Waals surface area contributed by atoms with E-state index >= 15 is 0 Å². The Morgan fingerprint density at radius 2 is 1.85 bits per heavy atom. The zero-order chi connectivity index (χ0) is 18.6. The number of H-pyrrole nitrogens is 1. The normalized spacial score (nSPS) is 15.1. The van der Waals surface area contributed by atoms with Crippen molar-refractivity contribution in [3.8, 4) is 5.75 Å². The monoisotopic (exact) mass is 360 g/mol. The Morgan fingerprint density at radius 3 is 2.63 bits per heavy atom. The van der Waals surface area contributed by atoms with Gasteiger partial charge in [-0.15, -0.1) is 0 Å².